The normalized spacial score (nSPS) is 23.6. The van der Waals surface area contributed by atoms with Gasteiger partial charge in [-0.15, -0.1) is 0 Å². The quantitative estimate of drug-likeness (QED) is 0.728. The second-order valence-corrected chi connectivity index (χ2v) is 5.19. The molecule has 0 aromatic carbocycles. The van der Waals surface area contributed by atoms with Crippen molar-refractivity contribution in [1.29, 1.82) is 0 Å². The van der Waals surface area contributed by atoms with E-state index < -0.39 is 0 Å². The first-order chi connectivity index (χ1) is 7.15. The molecule has 0 aromatic heterocycles. The fourth-order valence-corrected chi connectivity index (χ4v) is 2.59. The lowest BCUT2D eigenvalue weighted by molar-refractivity contribution is 0.227. The predicted octanol–water partition coefficient (Wildman–Crippen LogP) is 2.50. The van der Waals surface area contributed by atoms with Crippen LogP contribution < -0.4 is 5.32 Å². The van der Waals surface area contributed by atoms with Crippen molar-refractivity contribution in [3.05, 3.63) is 0 Å². The van der Waals surface area contributed by atoms with E-state index >= 15 is 0 Å². The summed E-state index contributed by atoms with van der Waals surface area (Å²) in [4.78, 5) is 2.42. The van der Waals surface area contributed by atoms with Crippen molar-refractivity contribution in [3.8, 4) is 0 Å². The highest BCUT2D eigenvalue weighted by atomic mass is 15.2. The summed E-state index contributed by atoms with van der Waals surface area (Å²) in [7, 11) is 2.22. The average Bonchev–Trinajstić information content (AvgIpc) is 2.67. The summed E-state index contributed by atoms with van der Waals surface area (Å²) < 4.78 is 0. The number of hydrogen-bond acceptors (Lipinski definition) is 2. The number of nitrogens with one attached hydrogen (secondary N) is 1. The first-order valence-electron chi connectivity index (χ1n) is 6.57. The molecule has 1 aliphatic rings. The van der Waals surface area contributed by atoms with Gasteiger partial charge in [-0.1, -0.05) is 20.8 Å². The van der Waals surface area contributed by atoms with Gasteiger partial charge in [-0.25, -0.2) is 0 Å². The van der Waals surface area contributed by atoms with Crippen LogP contribution in [-0.2, 0) is 0 Å². The summed E-state index contributed by atoms with van der Waals surface area (Å²) in [6.45, 7) is 10.7. The Balaban J connectivity index is 2.33. The Kier molecular flexibility index (Phi) is 5.07. The van der Waals surface area contributed by atoms with Crippen LogP contribution in [0.3, 0.4) is 0 Å². The molecule has 0 spiro atoms. The zero-order valence-electron chi connectivity index (χ0n) is 11.0. The van der Waals surface area contributed by atoms with E-state index in [2.05, 4.69) is 38.0 Å². The Morgan fingerprint density at radius 3 is 2.20 bits per heavy atom. The Labute approximate surface area is 95.4 Å². The standard InChI is InChI=1S/C13H28N2/c1-5-13(6-2,7-3)11-14-12-8-9-15(4)10-12/h12,14H,5-11H2,1-4H3. The lowest BCUT2D eigenvalue weighted by Crippen LogP contribution is -2.40. The van der Waals surface area contributed by atoms with Gasteiger partial charge in [-0.2, -0.15) is 0 Å². The molecule has 15 heavy (non-hydrogen) atoms. The van der Waals surface area contributed by atoms with Gasteiger partial charge in [0, 0.05) is 19.1 Å². The third kappa shape index (κ3) is 3.46. The molecule has 1 N–H and O–H groups in total. The zero-order valence-corrected chi connectivity index (χ0v) is 11.0. The molecule has 1 aliphatic heterocycles. The number of likely N-dealkylation sites (tertiary alicyclic amines) is 1. The molecule has 2 heteroatoms. The number of likely N-dealkylation sites (N-methyl/N-ethyl adjacent to an activating group) is 1. The highest BCUT2D eigenvalue weighted by Crippen LogP contribution is 2.29. The van der Waals surface area contributed by atoms with E-state index in [-0.39, 0.29) is 0 Å². The van der Waals surface area contributed by atoms with E-state index in [0.717, 1.165) is 6.04 Å². The number of nitrogens with zero attached hydrogens (tertiary/aromatic N) is 1. The van der Waals surface area contributed by atoms with Crippen LogP contribution in [0.1, 0.15) is 46.5 Å². The molecule has 2 nitrogen and oxygen atoms in total. The van der Waals surface area contributed by atoms with E-state index in [4.69, 9.17) is 0 Å². The number of hydrogen-bond donors (Lipinski definition) is 1. The van der Waals surface area contributed by atoms with Crippen LogP contribution in [0, 0.1) is 5.41 Å². The van der Waals surface area contributed by atoms with Gasteiger partial charge in [0.1, 0.15) is 0 Å². The fourth-order valence-electron chi connectivity index (χ4n) is 2.59. The fraction of sp³-hybridized carbons (Fsp3) is 1.00. The first kappa shape index (κ1) is 13.0. The molecule has 1 rings (SSSR count). The van der Waals surface area contributed by atoms with Crippen molar-refractivity contribution in [3.63, 3.8) is 0 Å². The summed E-state index contributed by atoms with van der Waals surface area (Å²) in [5, 5.41) is 3.76. The Bertz CT molecular complexity index is 167. The molecule has 1 unspecified atom stereocenters. The maximum atomic E-state index is 3.76. The van der Waals surface area contributed by atoms with Crippen LogP contribution in [0.5, 0.6) is 0 Å². The maximum absolute atomic E-state index is 3.76. The van der Waals surface area contributed by atoms with Crippen LogP contribution in [0.2, 0.25) is 0 Å². The highest BCUT2D eigenvalue weighted by Gasteiger charge is 2.26. The van der Waals surface area contributed by atoms with Gasteiger partial charge in [0.15, 0.2) is 0 Å². The molecule has 1 heterocycles. The minimum absolute atomic E-state index is 0.543. The van der Waals surface area contributed by atoms with Crippen molar-refractivity contribution in [2.75, 3.05) is 26.7 Å². The topological polar surface area (TPSA) is 15.3 Å². The van der Waals surface area contributed by atoms with Crippen LogP contribution >= 0.6 is 0 Å². The molecule has 1 atom stereocenters. The minimum Gasteiger partial charge on any atom is -0.312 e. The van der Waals surface area contributed by atoms with Crippen molar-refractivity contribution in [1.82, 2.24) is 10.2 Å². The largest absolute Gasteiger partial charge is 0.312 e. The highest BCUT2D eigenvalue weighted by molar-refractivity contribution is 4.84. The van der Waals surface area contributed by atoms with Crippen LogP contribution in [0.15, 0.2) is 0 Å². The van der Waals surface area contributed by atoms with Gasteiger partial charge in [-0.3, -0.25) is 0 Å². The van der Waals surface area contributed by atoms with Gasteiger partial charge < -0.3 is 10.2 Å². The van der Waals surface area contributed by atoms with E-state index in [0.29, 0.717) is 5.41 Å². The summed E-state index contributed by atoms with van der Waals surface area (Å²) >= 11 is 0. The summed E-state index contributed by atoms with van der Waals surface area (Å²) in [6, 6.07) is 0.735. The molecular formula is C13H28N2. The predicted molar refractivity (Wildman–Crippen MR) is 67.2 cm³/mol. The Morgan fingerprint density at radius 2 is 1.80 bits per heavy atom. The lowest BCUT2D eigenvalue weighted by Gasteiger charge is -2.32. The van der Waals surface area contributed by atoms with E-state index in [1.807, 2.05) is 0 Å². The van der Waals surface area contributed by atoms with Gasteiger partial charge in [0.25, 0.3) is 0 Å². The minimum atomic E-state index is 0.543. The third-order valence-corrected chi connectivity index (χ3v) is 4.41. The van der Waals surface area contributed by atoms with Crippen molar-refractivity contribution < 1.29 is 0 Å². The van der Waals surface area contributed by atoms with Gasteiger partial charge in [0.2, 0.25) is 0 Å². The number of rotatable bonds is 6. The Hall–Kier alpha value is -0.0800. The second kappa shape index (κ2) is 5.86. The zero-order chi connectivity index (χ0) is 11.3. The molecule has 0 amide bonds. The van der Waals surface area contributed by atoms with E-state index in [9.17, 15) is 0 Å². The van der Waals surface area contributed by atoms with Crippen molar-refractivity contribution in [2.45, 2.75) is 52.5 Å². The summed E-state index contributed by atoms with van der Waals surface area (Å²) in [5.41, 5.74) is 0.543. The molecule has 0 bridgehead atoms. The second-order valence-electron chi connectivity index (χ2n) is 5.19. The van der Waals surface area contributed by atoms with Crippen LogP contribution in [-0.4, -0.2) is 37.6 Å². The smallest absolute Gasteiger partial charge is 0.0207 e. The van der Waals surface area contributed by atoms with Crippen molar-refractivity contribution >= 4 is 0 Å². The SMILES string of the molecule is CCC(CC)(CC)CNC1CCN(C)C1. The maximum Gasteiger partial charge on any atom is 0.0207 e. The van der Waals surface area contributed by atoms with E-state index in [1.165, 1.54) is 45.3 Å². The third-order valence-electron chi connectivity index (χ3n) is 4.41. The molecule has 1 fully saturated rings. The van der Waals surface area contributed by atoms with Crippen molar-refractivity contribution in [2.24, 2.45) is 5.41 Å². The molecule has 0 saturated carbocycles. The summed E-state index contributed by atoms with van der Waals surface area (Å²) in [5.74, 6) is 0. The molecule has 90 valence electrons. The van der Waals surface area contributed by atoms with Crippen LogP contribution in [0.25, 0.3) is 0 Å². The van der Waals surface area contributed by atoms with Gasteiger partial charge in [-0.05, 0) is 44.7 Å². The molecule has 0 aromatic rings. The Morgan fingerprint density at radius 1 is 1.20 bits per heavy atom. The first-order valence-corrected chi connectivity index (χ1v) is 6.57. The molecule has 0 radical (unpaired) electrons. The van der Waals surface area contributed by atoms with E-state index in [1.54, 1.807) is 0 Å². The van der Waals surface area contributed by atoms with Gasteiger partial charge in [0.05, 0.1) is 0 Å². The molecular weight excluding hydrogens is 184 g/mol. The average molecular weight is 212 g/mol. The lowest BCUT2D eigenvalue weighted by atomic mass is 9.79. The van der Waals surface area contributed by atoms with Crippen LogP contribution in [0.4, 0.5) is 0 Å². The van der Waals surface area contributed by atoms with Gasteiger partial charge >= 0.3 is 0 Å². The molecule has 1 saturated heterocycles. The summed E-state index contributed by atoms with van der Waals surface area (Å²) in [6.07, 6.45) is 5.23. The monoisotopic (exact) mass is 212 g/mol. The molecule has 0 aliphatic carbocycles.